The van der Waals surface area contributed by atoms with Crippen LogP contribution in [0.2, 0.25) is 0 Å². The van der Waals surface area contributed by atoms with Crippen LogP contribution in [0, 0.1) is 17.8 Å². The number of benzene rings is 1. The second kappa shape index (κ2) is 6.64. The zero-order valence-corrected chi connectivity index (χ0v) is 12.7. The minimum absolute atomic E-state index is 0.0833. The Labute approximate surface area is 127 Å². The number of rotatable bonds is 3. The molecule has 0 spiro atoms. The van der Waals surface area contributed by atoms with E-state index in [1.807, 2.05) is 0 Å². The molecule has 2 aliphatic rings. The summed E-state index contributed by atoms with van der Waals surface area (Å²) in [6.45, 7) is 0. The van der Waals surface area contributed by atoms with Crippen molar-refractivity contribution in [3.8, 4) is 0 Å². The monoisotopic (exact) mass is 286 g/mol. The van der Waals surface area contributed by atoms with Crippen molar-refractivity contribution in [2.24, 2.45) is 17.8 Å². The summed E-state index contributed by atoms with van der Waals surface area (Å²) in [6.07, 6.45) is 9.36. The van der Waals surface area contributed by atoms with Crippen molar-refractivity contribution in [1.82, 2.24) is 0 Å². The zero-order chi connectivity index (χ0) is 14.7. The predicted molar refractivity (Wildman–Crippen MR) is 84.2 cm³/mol. The first kappa shape index (κ1) is 14.6. The van der Waals surface area contributed by atoms with Gasteiger partial charge in [0.05, 0.1) is 5.92 Å². The van der Waals surface area contributed by atoms with Crippen LogP contribution in [0.4, 0.5) is 0 Å². The van der Waals surface area contributed by atoms with Gasteiger partial charge in [-0.15, -0.1) is 0 Å². The first-order valence-corrected chi connectivity index (χ1v) is 8.53. The number of hydrogen-bond acceptors (Lipinski definition) is 1. The Kier molecular flexibility index (Phi) is 4.62. The van der Waals surface area contributed by atoms with Gasteiger partial charge in [0, 0.05) is 0 Å². The van der Waals surface area contributed by atoms with Gasteiger partial charge in [-0.05, 0) is 61.8 Å². The van der Waals surface area contributed by atoms with Crippen LogP contribution in [0.15, 0.2) is 30.3 Å². The Balaban J connectivity index is 1.69. The van der Waals surface area contributed by atoms with Crippen LogP contribution < -0.4 is 0 Å². The second-order valence-corrected chi connectivity index (χ2v) is 6.92. The van der Waals surface area contributed by atoms with Crippen molar-refractivity contribution in [1.29, 1.82) is 0 Å². The molecule has 0 amide bonds. The lowest BCUT2D eigenvalue weighted by Gasteiger charge is -2.40. The van der Waals surface area contributed by atoms with Crippen LogP contribution >= 0.6 is 0 Å². The molecule has 0 bridgehead atoms. The summed E-state index contributed by atoms with van der Waals surface area (Å²) in [7, 11) is 0. The summed E-state index contributed by atoms with van der Waals surface area (Å²) in [5.41, 5.74) is 1.50. The third kappa shape index (κ3) is 3.30. The predicted octanol–water partition coefficient (Wildman–Crippen LogP) is 4.85. The van der Waals surface area contributed by atoms with Crippen LogP contribution in [0.25, 0.3) is 0 Å². The number of carboxylic acid groups (broad SMARTS) is 1. The molecule has 2 fully saturated rings. The van der Waals surface area contributed by atoms with Gasteiger partial charge in [0.2, 0.25) is 0 Å². The Morgan fingerprint density at radius 3 is 2.24 bits per heavy atom. The molecule has 2 atom stereocenters. The fraction of sp³-hybridized carbons (Fsp3) is 0.632. The maximum atomic E-state index is 11.1. The van der Waals surface area contributed by atoms with Gasteiger partial charge in [-0.25, -0.2) is 0 Å². The maximum Gasteiger partial charge on any atom is 0.306 e. The Morgan fingerprint density at radius 2 is 1.57 bits per heavy atom. The maximum absolute atomic E-state index is 11.1. The summed E-state index contributed by atoms with van der Waals surface area (Å²) in [5.74, 6) is 1.55. The van der Waals surface area contributed by atoms with Gasteiger partial charge in [-0.1, -0.05) is 43.2 Å². The lowest BCUT2D eigenvalue weighted by Crippen LogP contribution is -2.30. The third-order valence-corrected chi connectivity index (χ3v) is 5.77. The molecule has 0 aromatic heterocycles. The minimum atomic E-state index is -0.586. The van der Waals surface area contributed by atoms with E-state index in [9.17, 15) is 4.79 Å². The Bertz CT molecular complexity index is 460. The molecule has 0 radical (unpaired) electrons. The molecule has 21 heavy (non-hydrogen) atoms. The summed E-state index contributed by atoms with van der Waals surface area (Å²) in [4.78, 5) is 11.1. The SMILES string of the molecule is O=C(O)C1CCC(C2CCCCC2c2ccccc2)CC1. The lowest BCUT2D eigenvalue weighted by atomic mass is 9.65. The van der Waals surface area contributed by atoms with Crippen LogP contribution in [0.1, 0.15) is 62.8 Å². The topological polar surface area (TPSA) is 37.3 Å². The largest absolute Gasteiger partial charge is 0.481 e. The normalized spacial score (nSPS) is 33.5. The van der Waals surface area contributed by atoms with Gasteiger partial charge >= 0.3 is 5.97 Å². The quantitative estimate of drug-likeness (QED) is 0.862. The second-order valence-electron chi connectivity index (χ2n) is 6.92. The van der Waals surface area contributed by atoms with Crippen LogP contribution in [0.3, 0.4) is 0 Å². The van der Waals surface area contributed by atoms with E-state index in [1.165, 1.54) is 31.2 Å². The van der Waals surface area contributed by atoms with E-state index in [4.69, 9.17) is 5.11 Å². The highest BCUT2D eigenvalue weighted by molar-refractivity contribution is 5.69. The zero-order valence-electron chi connectivity index (χ0n) is 12.7. The van der Waals surface area contributed by atoms with Crippen molar-refractivity contribution < 1.29 is 9.90 Å². The standard InChI is InChI=1S/C19H26O2/c20-19(21)16-12-10-15(11-13-16)18-9-5-4-8-17(18)14-6-2-1-3-7-14/h1-3,6-7,15-18H,4-5,8-13H2,(H,20,21). The Hall–Kier alpha value is -1.31. The molecule has 1 N–H and O–H groups in total. The summed E-state index contributed by atoms with van der Waals surface area (Å²) in [6, 6.07) is 11.0. The van der Waals surface area contributed by atoms with E-state index < -0.39 is 5.97 Å². The van der Waals surface area contributed by atoms with Crippen molar-refractivity contribution in [3.05, 3.63) is 35.9 Å². The van der Waals surface area contributed by atoms with Gasteiger partial charge in [0.25, 0.3) is 0 Å². The summed E-state index contributed by atoms with van der Waals surface area (Å²) >= 11 is 0. The van der Waals surface area contributed by atoms with E-state index in [2.05, 4.69) is 30.3 Å². The van der Waals surface area contributed by atoms with Gasteiger partial charge in [0.15, 0.2) is 0 Å². The number of carboxylic acids is 1. The first-order valence-electron chi connectivity index (χ1n) is 8.53. The van der Waals surface area contributed by atoms with Crippen molar-refractivity contribution >= 4 is 5.97 Å². The highest BCUT2D eigenvalue weighted by Gasteiger charge is 2.36. The fourth-order valence-electron chi connectivity index (χ4n) is 4.63. The number of carbonyl (C=O) groups is 1. The molecule has 0 aliphatic heterocycles. The number of aliphatic carboxylic acids is 1. The fourth-order valence-corrected chi connectivity index (χ4v) is 4.63. The molecule has 2 saturated carbocycles. The molecule has 3 rings (SSSR count). The van der Waals surface area contributed by atoms with E-state index >= 15 is 0 Å². The Morgan fingerprint density at radius 1 is 0.905 bits per heavy atom. The summed E-state index contributed by atoms with van der Waals surface area (Å²) in [5, 5.41) is 9.16. The molecule has 2 nitrogen and oxygen atoms in total. The van der Waals surface area contributed by atoms with E-state index in [0.29, 0.717) is 5.92 Å². The van der Waals surface area contributed by atoms with E-state index in [1.54, 1.807) is 0 Å². The van der Waals surface area contributed by atoms with Crippen molar-refractivity contribution in [2.75, 3.05) is 0 Å². The third-order valence-electron chi connectivity index (χ3n) is 5.77. The molecular formula is C19H26O2. The van der Waals surface area contributed by atoms with Crippen LogP contribution in [-0.2, 0) is 4.79 Å². The average Bonchev–Trinajstić information content (AvgIpc) is 2.56. The van der Waals surface area contributed by atoms with Crippen LogP contribution in [-0.4, -0.2) is 11.1 Å². The average molecular weight is 286 g/mol. The lowest BCUT2D eigenvalue weighted by molar-refractivity contribution is -0.143. The minimum Gasteiger partial charge on any atom is -0.481 e. The van der Waals surface area contributed by atoms with Gasteiger partial charge in [0.1, 0.15) is 0 Å². The number of hydrogen-bond donors (Lipinski definition) is 1. The molecule has 2 aliphatic carbocycles. The van der Waals surface area contributed by atoms with Gasteiger partial charge < -0.3 is 5.11 Å². The molecule has 114 valence electrons. The molecule has 1 aromatic carbocycles. The van der Waals surface area contributed by atoms with Gasteiger partial charge in [-0.3, -0.25) is 4.79 Å². The van der Waals surface area contributed by atoms with Crippen molar-refractivity contribution in [3.63, 3.8) is 0 Å². The highest BCUT2D eigenvalue weighted by atomic mass is 16.4. The molecule has 2 heteroatoms. The van der Waals surface area contributed by atoms with Crippen LogP contribution in [0.5, 0.6) is 0 Å². The van der Waals surface area contributed by atoms with Gasteiger partial charge in [-0.2, -0.15) is 0 Å². The highest BCUT2D eigenvalue weighted by Crippen LogP contribution is 2.46. The van der Waals surface area contributed by atoms with E-state index in [-0.39, 0.29) is 5.92 Å². The van der Waals surface area contributed by atoms with Crippen molar-refractivity contribution in [2.45, 2.75) is 57.3 Å². The molecular weight excluding hydrogens is 260 g/mol. The molecule has 0 saturated heterocycles. The smallest absolute Gasteiger partial charge is 0.306 e. The molecule has 2 unspecified atom stereocenters. The summed E-state index contributed by atoms with van der Waals surface area (Å²) < 4.78 is 0. The van der Waals surface area contributed by atoms with E-state index in [0.717, 1.165) is 37.5 Å². The first-order chi connectivity index (χ1) is 10.3. The molecule has 1 aromatic rings. The molecule has 0 heterocycles.